The van der Waals surface area contributed by atoms with Crippen LogP contribution in [0.4, 0.5) is 0 Å². The molecule has 3 rings (SSSR count). The van der Waals surface area contributed by atoms with Crippen molar-refractivity contribution in [2.24, 2.45) is 7.05 Å². The van der Waals surface area contributed by atoms with Gasteiger partial charge in [-0.25, -0.2) is 9.97 Å². The topological polar surface area (TPSA) is 60.7 Å². The Balaban J connectivity index is 1.64. The summed E-state index contributed by atoms with van der Waals surface area (Å²) in [5.74, 6) is 0.738. The van der Waals surface area contributed by atoms with Crippen molar-refractivity contribution >= 4 is 17.4 Å². The number of ketones is 1. The van der Waals surface area contributed by atoms with Gasteiger partial charge in [0.1, 0.15) is 5.82 Å². The van der Waals surface area contributed by atoms with Crippen molar-refractivity contribution in [2.45, 2.75) is 25.7 Å². The molecular formula is C21H21ClN4O. The van der Waals surface area contributed by atoms with E-state index in [1.54, 1.807) is 10.9 Å². The molecular weight excluding hydrogens is 360 g/mol. The molecule has 0 aliphatic rings. The summed E-state index contributed by atoms with van der Waals surface area (Å²) in [4.78, 5) is 20.4. The monoisotopic (exact) mass is 380 g/mol. The molecule has 138 valence electrons. The molecule has 0 atom stereocenters. The van der Waals surface area contributed by atoms with E-state index in [0.29, 0.717) is 23.7 Å². The average molecular weight is 381 g/mol. The summed E-state index contributed by atoms with van der Waals surface area (Å²) in [6, 6.07) is 9.98. The number of nitrogens with zero attached hydrogens (tertiary/aromatic N) is 4. The summed E-state index contributed by atoms with van der Waals surface area (Å²) in [5.41, 5.74) is 3.92. The number of aromatic nitrogens is 4. The van der Waals surface area contributed by atoms with Gasteiger partial charge in [-0.05, 0) is 36.1 Å². The number of rotatable bonds is 8. The Morgan fingerprint density at radius 3 is 2.59 bits per heavy atom. The molecule has 0 aliphatic carbocycles. The molecule has 0 saturated heterocycles. The quantitative estimate of drug-likeness (QED) is 0.561. The Morgan fingerprint density at radius 2 is 1.93 bits per heavy atom. The molecule has 0 amide bonds. The lowest BCUT2D eigenvalue weighted by Gasteiger charge is -2.07. The molecule has 3 aromatic rings. The van der Waals surface area contributed by atoms with Crippen LogP contribution in [-0.2, 0) is 37.5 Å². The Labute approximate surface area is 163 Å². The number of carbonyl (C=O) groups is 1. The summed E-state index contributed by atoms with van der Waals surface area (Å²) < 4.78 is 1.76. The number of halogens is 1. The summed E-state index contributed by atoms with van der Waals surface area (Å²) in [5, 5.41) is 4.94. The first-order valence-electron chi connectivity index (χ1n) is 8.75. The fourth-order valence-electron chi connectivity index (χ4n) is 2.78. The van der Waals surface area contributed by atoms with Gasteiger partial charge in [0, 0.05) is 25.9 Å². The third-order valence-electron chi connectivity index (χ3n) is 4.25. The van der Waals surface area contributed by atoms with E-state index < -0.39 is 0 Å². The van der Waals surface area contributed by atoms with Gasteiger partial charge in [-0.2, -0.15) is 5.10 Å². The third kappa shape index (κ3) is 5.34. The van der Waals surface area contributed by atoms with Crippen molar-refractivity contribution in [3.63, 3.8) is 0 Å². The van der Waals surface area contributed by atoms with Crippen LogP contribution in [0.15, 0.2) is 55.4 Å². The maximum Gasteiger partial charge on any atom is 0.159 e. The number of aryl methyl sites for hydroxylation is 3. The van der Waals surface area contributed by atoms with Gasteiger partial charge in [0.2, 0.25) is 0 Å². The zero-order valence-corrected chi connectivity index (χ0v) is 16.0. The van der Waals surface area contributed by atoms with E-state index in [4.69, 9.17) is 11.6 Å². The molecule has 27 heavy (non-hydrogen) atoms. The summed E-state index contributed by atoms with van der Waals surface area (Å²) in [6.07, 6.45) is 7.42. The number of carbonyl (C=O) groups excluding carboxylic acids is 1. The van der Waals surface area contributed by atoms with Gasteiger partial charge >= 0.3 is 0 Å². The molecule has 0 fully saturated rings. The highest BCUT2D eigenvalue weighted by Crippen LogP contribution is 2.17. The van der Waals surface area contributed by atoms with E-state index in [2.05, 4.69) is 21.6 Å². The van der Waals surface area contributed by atoms with E-state index in [1.807, 2.05) is 43.6 Å². The van der Waals surface area contributed by atoms with Crippen molar-refractivity contribution in [3.8, 4) is 0 Å². The highest BCUT2D eigenvalue weighted by Gasteiger charge is 2.09. The van der Waals surface area contributed by atoms with Gasteiger partial charge in [0.15, 0.2) is 5.78 Å². The molecule has 0 radical (unpaired) electrons. The predicted octanol–water partition coefficient (Wildman–Crippen LogP) is 3.54. The van der Waals surface area contributed by atoms with Gasteiger partial charge in [-0.15, -0.1) is 0 Å². The number of allylic oxidation sites excluding steroid dienone is 1. The molecule has 0 bridgehead atoms. The summed E-state index contributed by atoms with van der Waals surface area (Å²) in [7, 11) is 1.89. The Hall–Kier alpha value is -2.79. The van der Waals surface area contributed by atoms with Crippen LogP contribution in [-0.4, -0.2) is 25.5 Å². The number of hydrogen-bond acceptors (Lipinski definition) is 4. The minimum atomic E-state index is 0.0240. The van der Waals surface area contributed by atoms with Crippen molar-refractivity contribution in [2.75, 3.05) is 0 Å². The SMILES string of the molecule is C=CC(=O)Cc1ccc(CCc2nc(Cc3ccn(C)n3)ncc2Cl)cc1. The lowest BCUT2D eigenvalue weighted by Crippen LogP contribution is -2.04. The molecule has 5 nitrogen and oxygen atoms in total. The number of hydrogen-bond donors (Lipinski definition) is 0. The highest BCUT2D eigenvalue weighted by atomic mass is 35.5. The van der Waals surface area contributed by atoms with E-state index >= 15 is 0 Å². The molecule has 2 aromatic heterocycles. The predicted molar refractivity (Wildman–Crippen MR) is 106 cm³/mol. The van der Waals surface area contributed by atoms with Gasteiger partial charge in [0.05, 0.1) is 22.8 Å². The Kier molecular flexibility index (Phi) is 6.14. The van der Waals surface area contributed by atoms with Gasteiger partial charge in [-0.1, -0.05) is 42.4 Å². The van der Waals surface area contributed by atoms with E-state index in [-0.39, 0.29) is 5.78 Å². The molecule has 0 unspecified atom stereocenters. The van der Waals surface area contributed by atoms with Crippen molar-refractivity contribution in [1.82, 2.24) is 19.7 Å². The molecule has 0 aliphatic heterocycles. The van der Waals surface area contributed by atoms with Crippen LogP contribution < -0.4 is 0 Å². The lowest BCUT2D eigenvalue weighted by molar-refractivity contribution is -0.114. The fourth-order valence-corrected chi connectivity index (χ4v) is 2.97. The summed E-state index contributed by atoms with van der Waals surface area (Å²) in [6.45, 7) is 3.50. The molecule has 1 aromatic carbocycles. The van der Waals surface area contributed by atoms with Crippen molar-refractivity contribution in [3.05, 3.63) is 88.7 Å². The smallest absolute Gasteiger partial charge is 0.159 e. The Morgan fingerprint density at radius 1 is 1.19 bits per heavy atom. The van der Waals surface area contributed by atoms with Crippen LogP contribution >= 0.6 is 11.6 Å². The van der Waals surface area contributed by atoms with Crippen LogP contribution in [0, 0.1) is 0 Å². The maximum atomic E-state index is 11.4. The second-order valence-electron chi connectivity index (χ2n) is 6.40. The standard InChI is InChI=1S/C21H21ClN4O/c1-3-18(27)12-16-6-4-15(5-7-16)8-9-20-19(22)14-23-21(24-20)13-17-10-11-26(2)25-17/h3-7,10-11,14H,1,8-9,12-13H2,2H3. The lowest BCUT2D eigenvalue weighted by atomic mass is 10.0. The second-order valence-corrected chi connectivity index (χ2v) is 6.81. The van der Waals surface area contributed by atoms with Crippen LogP contribution in [0.3, 0.4) is 0 Å². The average Bonchev–Trinajstić information content (AvgIpc) is 3.08. The number of benzene rings is 1. The minimum Gasteiger partial charge on any atom is -0.295 e. The molecule has 0 N–H and O–H groups in total. The zero-order chi connectivity index (χ0) is 19.2. The van der Waals surface area contributed by atoms with Crippen LogP contribution in [0.2, 0.25) is 5.02 Å². The molecule has 2 heterocycles. The van der Waals surface area contributed by atoms with Gasteiger partial charge in [0.25, 0.3) is 0 Å². The van der Waals surface area contributed by atoms with Crippen molar-refractivity contribution < 1.29 is 4.79 Å². The maximum absolute atomic E-state index is 11.4. The second kappa shape index (κ2) is 8.73. The molecule has 6 heteroatoms. The van der Waals surface area contributed by atoms with Crippen LogP contribution in [0.1, 0.15) is 28.3 Å². The fraction of sp³-hybridized carbons (Fsp3) is 0.238. The first-order valence-corrected chi connectivity index (χ1v) is 9.13. The van der Waals surface area contributed by atoms with Crippen LogP contribution in [0.25, 0.3) is 0 Å². The first-order chi connectivity index (χ1) is 13.0. The molecule has 0 spiro atoms. The first kappa shape index (κ1) is 19.0. The highest BCUT2D eigenvalue weighted by molar-refractivity contribution is 6.31. The van der Waals surface area contributed by atoms with Gasteiger partial charge < -0.3 is 0 Å². The third-order valence-corrected chi connectivity index (χ3v) is 4.57. The minimum absolute atomic E-state index is 0.0240. The van der Waals surface area contributed by atoms with Crippen molar-refractivity contribution in [1.29, 1.82) is 0 Å². The molecule has 0 saturated carbocycles. The Bertz CT molecular complexity index is 947. The normalized spacial score (nSPS) is 10.7. The largest absolute Gasteiger partial charge is 0.295 e. The van der Waals surface area contributed by atoms with E-state index in [1.165, 1.54) is 11.6 Å². The summed E-state index contributed by atoms with van der Waals surface area (Å²) >= 11 is 6.28. The zero-order valence-electron chi connectivity index (χ0n) is 15.2. The van der Waals surface area contributed by atoms with E-state index in [0.717, 1.165) is 29.8 Å². The van der Waals surface area contributed by atoms with E-state index in [9.17, 15) is 4.79 Å². The van der Waals surface area contributed by atoms with Crippen LogP contribution in [0.5, 0.6) is 0 Å². The van der Waals surface area contributed by atoms with Gasteiger partial charge in [-0.3, -0.25) is 9.48 Å².